The number of rotatable bonds is 6. The topological polar surface area (TPSA) is 76.1 Å². The van der Waals surface area contributed by atoms with Crippen LogP contribution >= 0.6 is 0 Å². The maximum absolute atomic E-state index is 13.2. The number of carboxylic acids is 1. The van der Waals surface area contributed by atoms with Gasteiger partial charge in [-0.2, -0.15) is 0 Å². The van der Waals surface area contributed by atoms with Crippen LogP contribution in [0.1, 0.15) is 37.5 Å². The molecule has 2 atom stereocenters. The van der Waals surface area contributed by atoms with Gasteiger partial charge >= 0.3 is 5.97 Å². The van der Waals surface area contributed by atoms with Crippen LogP contribution in [0.15, 0.2) is 48.5 Å². The van der Waals surface area contributed by atoms with E-state index < -0.39 is 24.6 Å². The number of amides is 1. The number of nitrogens with zero attached hydrogens (tertiary/aromatic N) is 1. The zero-order valence-corrected chi connectivity index (χ0v) is 16.3. The normalized spacial score (nSPS) is 19.3. The van der Waals surface area contributed by atoms with E-state index in [0.29, 0.717) is 12.3 Å². The Balaban J connectivity index is 2.17. The number of ether oxygens (including phenoxy) is 2. The molecule has 1 aliphatic rings. The second kappa shape index (κ2) is 8.44. The summed E-state index contributed by atoms with van der Waals surface area (Å²) < 4.78 is 11.6. The predicted octanol–water partition coefficient (Wildman–Crippen LogP) is 3.65. The minimum Gasteiger partial charge on any atom is -0.496 e. The molecule has 0 aromatic heterocycles. The summed E-state index contributed by atoms with van der Waals surface area (Å²) in [6.07, 6.45) is -2.09. The molecule has 148 valence electrons. The smallest absolute Gasteiger partial charge is 0.306 e. The van der Waals surface area contributed by atoms with Crippen molar-refractivity contribution >= 4 is 17.6 Å². The van der Waals surface area contributed by atoms with E-state index in [1.165, 1.54) is 0 Å². The average Bonchev–Trinajstić information content (AvgIpc) is 2.78. The molecule has 0 radical (unpaired) electrons. The third-order valence-corrected chi connectivity index (χ3v) is 4.68. The van der Waals surface area contributed by atoms with E-state index in [-0.39, 0.29) is 11.8 Å². The van der Waals surface area contributed by atoms with Gasteiger partial charge in [0.25, 0.3) is 5.91 Å². The number of methoxy groups -OCH3 is 1. The van der Waals surface area contributed by atoms with Gasteiger partial charge in [-0.3, -0.25) is 9.59 Å². The van der Waals surface area contributed by atoms with Crippen molar-refractivity contribution < 1.29 is 24.2 Å². The summed E-state index contributed by atoms with van der Waals surface area (Å²) in [5.74, 6) is -0.569. The Morgan fingerprint density at radius 2 is 1.79 bits per heavy atom. The molecule has 0 bridgehead atoms. The number of carboxylic acid groups (broad SMARTS) is 1. The molecule has 1 aliphatic heterocycles. The molecule has 2 aromatic carbocycles. The third kappa shape index (κ3) is 4.02. The van der Waals surface area contributed by atoms with Crippen molar-refractivity contribution in [1.82, 2.24) is 0 Å². The Kier molecular flexibility index (Phi) is 5.99. The number of carbonyl (C=O) groups is 2. The molecule has 1 heterocycles. The molecule has 6 nitrogen and oxygen atoms in total. The Bertz CT molecular complexity index is 864. The molecule has 0 spiro atoms. The maximum Gasteiger partial charge on any atom is 0.306 e. The molecule has 1 amide bonds. The minimum atomic E-state index is -1.08. The highest BCUT2D eigenvalue weighted by atomic mass is 16.5. The predicted molar refractivity (Wildman–Crippen MR) is 106 cm³/mol. The van der Waals surface area contributed by atoms with Crippen LogP contribution in [0.5, 0.6) is 5.75 Å². The minimum absolute atomic E-state index is 0.213. The van der Waals surface area contributed by atoms with E-state index in [4.69, 9.17) is 9.47 Å². The molecule has 0 aliphatic carbocycles. The van der Waals surface area contributed by atoms with E-state index in [0.717, 1.165) is 16.8 Å². The fourth-order valence-corrected chi connectivity index (χ4v) is 3.51. The first-order valence-electron chi connectivity index (χ1n) is 9.32. The largest absolute Gasteiger partial charge is 0.496 e. The number of hydrogen-bond donors (Lipinski definition) is 1. The van der Waals surface area contributed by atoms with Crippen LogP contribution in [-0.4, -0.2) is 36.7 Å². The maximum atomic E-state index is 13.2. The van der Waals surface area contributed by atoms with Crippen LogP contribution in [0, 0.1) is 5.92 Å². The number of anilines is 1. The lowest BCUT2D eigenvalue weighted by Gasteiger charge is -2.26. The molecule has 0 fully saturated rings. The van der Waals surface area contributed by atoms with Gasteiger partial charge in [0.05, 0.1) is 13.5 Å². The molecule has 3 rings (SSSR count). The third-order valence-electron chi connectivity index (χ3n) is 4.68. The van der Waals surface area contributed by atoms with Gasteiger partial charge in [-0.25, -0.2) is 0 Å². The second-order valence-corrected chi connectivity index (χ2v) is 7.25. The van der Waals surface area contributed by atoms with Gasteiger partial charge in [0, 0.05) is 23.4 Å². The van der Waals surface area contributed by atoms with Crippen LogP contribution in [0.25, 0.3) is 0 Å². The van der Waals surface area contributed by atoms with E-state index in [1.54, 1.807) is 12.0 Å². The average molecular weight is 383 g/mol. The monoisotopic (exact) mass is 383 g/mol. The molecule has 28 heavy (non-hydrogen) atoms. The molecule has 6 heteroatoms. The van der Waals surface area contributed by atoms with Crippen LogP contribution in [0.3, 0.4) is 0 Å². The van der Waals surface area contributed by atoms with E-state index in [2.05, 4.69) is 0 Å². The Labute approximate surface area is 164 Å². The van der Waals surface area contributed by atoms with Gasteiger partial charge in [0.2, 0.25) is 0 Å². The van der Waals surface area contributed by atoms with Crippen LogP contribution in [-0.2, 0) is 14.3 Å². The summed E-state index contributed by atoms with van der Waals surface area (Å²) in [6, 6.07) is 15.0. The second-order valence-electron chi connectivity index (χ2n) is 7.25. The lowest BCUT2D eigenvalue weighted by Crippen LogP contribution is -2.42. The zero-order chi connectivity index (χ0) is 20.3. The van der Waals surface area contributed by atoms with Crippen LogP contribution in [0.4, 0.5) is 5.69 Å². The van der Waals surface area contributed by atoms with Gasteiger partial charge in [-0.15, -0.1) is 0 Å². The summed E-state index contributed by atoms with van der Waals surface area (Å²) >= 11 is 0. The summed E-state index contributed by atoms with van der Waals surface area (Å²) in [5, 5.41) is 9.34. The zero-order valence-electron chi connectivity index (χ0n) is 16.3. The summed E-state index contributed by atoms with van der Waals surface area (Å²) in [6.45, 7) is 4.52. The highest BCUT2D eigenvalue weighted by Crippen LogP contribution is 2.41. The van der Waals surface area contributed by atoms with Crippen molar-refractivity contribution in [2.24, 2.45) is 5.92 Å². The van der Waals surface area contributed by atoms with Crippen LogP contribution < -0.4 is 9.64 Å². The summed E-state index contributed by atoms with van der Waals surface area (Å²) in [5.41, 5.74) is 2.31. The standard InChI is InChI=1S/C22H25NO5/c1-14(2)13-23-17-10-6-4-8-15(17)21(16-9-5-7-11-18(16)27-3)28-19(22(23)26)12-20(24)25/h4-11,14,19,21H,12-13H2,1-3H3,(H,24,25)/t19-,21+/m0/s1. The number of fused-ring (bicyclic) bond motifs is 1. The number of carbonyl (C=O) groups excluding carboxylic acids is 1. The van der Waals surface area contributed by atoms with Crippen molar-refractivity contribution in [3.05, 3.63) is 59.7 Å². The number of benzene rings is 2. The van der Waals surface area contributed by atoms with Crippen molar-refractivity contribution in [2.45, 2.75) is 32.5 Å². The lowest BCUT2D eigenvalue weighted by atomic mass is 9.98. The van der Waals surface area contributed by atoms with Gasteiger partial charge in [-0.05, 0) is 18.1 Å². The molecule has 0 saturated heterocycles. The Morgan fingerprint density at radius 3 is 2.43 bits per heavy atom. The first-order chi connectivity index (χ1) is 13.4. The fourth-order valence-electron chi connectivity index (χ4n) is 3.51. The molecule has 1 N–H and O–H groups in total. The fraction of sp³-hybridized carbons (Fsp3) is 0.364. The Hall–Kier alpha value is -2.86. The first-order valence-corrected chi connectivity index (χ1v) is 9.32. The SMILES string of the molecule is COc1ccccc1[C@@H]1O[C@@H](CC(=O)O)C(=O)N(CC(C)C)c2ccccc21. The summed E-state index contributed by atoms with van der Waals surface area (Å²) in [4.78, 5) is 26.3. The quantitative estimate of drug-likeness (QED) is 0.824. The van der Waals surface area contributed by atoms with Crippen molar-refractivity contribution in [2.75, 3.05) is 18.6 Å². The van der Waals surface area contributed by atoms with Gasteiger partial charge in [-0.1, -0.05) is 50.2 Å². The van der Waals surface area contributed by atoms with E-state index in [1.807, 2.05) is 62.4 Å². The molecule has 2 aromatic rings. The van der Waals surface area contributed by atoms with Crippen molar-refractivity contribution in [3.8, 4) is 5.75 Å². The van der Waals surface area contributed by atoms with Crippen molar-refractivity contribution in [3.63, 3.8) is 0 Å². The molecule has 0 saturated carbocycles. The number of hydrogen-bond acceptors (Lipinski definition) is 4. The molecular weight excluding hydrogens is 358 g/mol. The molecular formula is C22H25NO5. The highest BCUT2D eigenvalue weighted by molar-refractivity contribution is 5.99. The number of para-hydroxylation sites is 2. The van der Waals surface area contributed by atoms with Crippen LogP contribution in [0.2, 0.25) is 0 Å². The Morgan fingerprint density at radius 1 is 1.14 bits per heavy atom. The first kappa shape index (κ1) is 19.9. The summed E-state index contributed by atoms with van der Waals surface area (Å²) in [7, 11) is 1.58. The van der Waals surface area contributed by atoms with E-state index >= 15 is 0 Å². The van der Waals surface area contributed by atoms with Crippen molar-refractivity contribution in [1.29, 1.82) is 0 Å². The number of aliphatic carboxylic acids is 1. The molecule has 0 unspecified atom stereocenters. The van der Waals surface area contributed by atoms with Gasteiger partial charge in [0.1, 0.15) is 18.0 Å². The highest BCUT2D eigenvalue weighted by Gasteiger charge is 2.38. The van der Waals surface area contributed by atoms with Gasteiger partial charge < -0.3 is 19.5 Å². The lowest BCUT2D eigenvalue weighted by molar-refractivity contribution is -0.147. The van der Waals surface area contributed by atoms with Gasteiger partial charge in [0.15, 0.2) is 0 Å². The van der Waals surface area contributed by atoms with E-state index in [9.17, 15) is 14.7 Å².